The number of nitrogens with zero attached hydrogens (tertiary/aromatic N) is 3. The zero-order valence-corrected chi connectivity index (χ0v) is 10.3. The molecule has 1 saturated heterocycles. The van der Waals surface area contributed by atoms with Gasteiger partial charge in [0.2, 0.25) is 0 Å². The molecule has 1 aromatic rings. The fourth-order valence-corrected chi connectivity index (χ4v) is 1.98. The Labute approximate surface area is 101 Å². The molecule has 17 heavy (non-hydrogen) atoms. The topological polar surface area (TPSA) is 48.5 Å². The normalized spacial score (nSPS) is 16.9. The van der Waals surface area contributed by atoms with E-state index < -0.39 is 0 Å². The fourth-order valence-electron chi connectivity index (χ4n) is 1.98. The first-order valence-electron chi connectivity index (χ1n) is 5.83. The number of hydrogen-bond donors (Lipinski definition) is 1. The number of carbonyl (C=O) groups excluding carboxylic acids is 1. The van der Waals surface area contributed by atoms with Crippen molar-refractivity contribution in [3.8, 4) is 0 Å². The van der Waals surface area contributed by atoms with Crippen LogP contribution in [0.25, 0.3) is 0 Å². The van der Waals surface area contributed by atoms with Crippen LogP contribution in [0.2, 0.25) is 0 Å². The third kappa shape index (κ3) is 2.55. The zero-order chi connectivity index (χ0) is 12.3. The lowest BCUT2D eigenvalue weighted by Gasteiger charge is -2.33. The van der Waals surface area contributed by atoms with E-state index in [2.05, 4.69) is 27.1 Å². The van der Waals surface area contributed by atoms with Gasteiger partial charge in [-0.05, 0) is 19.2 Å². The molecule has 0 aliphatic carbocycles. The van der Waals surface area contributed by atoms with E-state index in [9.17, 15) is 4.79 Å². The number of piperazine rings is 1. The monoisotopic (exact) mass is 234 g/mol. The van der Waals surface area contributed by atoms with E-state index >= 15 is 0 Å². The van der Waals surface area contributed by atoms with Gasteiger partial charge in [0.05, 0.1) is 5.56 Å². The molecular weight excluding hydrogens is 216 g/mol. The first-order valence-corrected chi connectivity index (χ1v) is 5.83. The quantitative estimate of drug-likeness (QED) is 0.794. The molecule has 1 aliphatic heterocycles. The first-order chi connectivity index (χ1) is 8.22. The van der Waals surface area contributed by atoms with E-state index in [1.165, 1.54) is 0 Å². The Balaban J connectivity index is 2.23. The maximum Gasteiger partial charge on any atom is 0.254 e. The van der Waals surface area contributed by atoms with Crippen molar-refractivity contribution in [3.63, 3.8) is 0 Å². The van der Waals surface area contributed by atoms with Gasteiger partial charge in [0, 0.05) is 39.4 Å². The van der Waals surface area contributed by atoms with Gasteiger partial charge in [0.25, 0.3) is 5.91 Å². The van der Waals surface area contributed by atoms with Crippen molar-refractivity contribution in [3.05, 3.63) is 23.9 Å². The van der Waals surface area contributed by atoms with Gasteiger partial charge in [-0.15, -0.1) is 0 Å². The molecule has 2 rings (SSSR count). The second kappa shape index (κ2) is 5.14. The van der Waals surface area contributed by atoms with Gasteiger partial charge in [-0.1, -0.05) is 0 Å². The largest absolute Gasteiger partial charge is 0.355 e. The number of rotatable bonds is 2. The highest BCUT2D eigenvalue weighted by atomic mass is 16.1. The van der Waals surface area contributed by atoms with Crippen LogP contribution >= 0.6 is 0 Å². The van der Waals surface area contributed by atoms with Crippen LogP contribution in [-0.2, 0) is 0 Å². The molecule has 1 amide bonds. The van der Waals surface area contributed by atoms with Gasteiger partial charge in [-0.25, -0.2) is 4.98 Å². The van der Waals surface area contributed by atoms with Crippen molar-refractivity contribution < 1.29 is 4.79 Å². The highest BCUT2D eigenvalue weighted by molar-refractivity contribution is 5.98. The summed E-state index contributed by atoms with van der Waals surface area (Å²) in [6.07, 6.45) is 1.74. The predicted molar refractivity (Wildman–Crippen MR) is 67.3 cm³/mol. The lowest BCUT2D eigenvalue weighted by Crippen LogP contribution is -2.45. The number of pyridine rings is 1. The molecule has 0 aromatic carbocycles. The van der Waals surface area contributed by atoms with Crippen LogP contribution < -0.4 is 10.2 Å². The summed E-state index contributed by atoms with van der Waals surface area (Å²) in [5.41, 5.74) is 0.652. The molecule has 0 unspecified atom stereocenters. The molecule has 1 N–H and O–H groups in total. The van der Waals surface area contributed by atoms with Gasteiger partial charge in [0.15, 0.2) is 0 Å². The van der Waals surface area contributed by atoms with Gasteiger partial charge in [-0.2, -0.15) is 0 Å². The minimum atomic E-state index is -0.0768. The van der Waals surface area contributed by atoms with Crippen molar-refractivity contribution in [1.29, 1.82) is 0 Å². The lowest BCUT2D eigenvalue weighted by atomic mass is 10.2. The second-order valence-electron chi connectivity index (χ2n) is 4.24. The molecule has 1 aliphatic rings. The Bertz CT molecular complexity index is 399. The SMILES string of the molecule is CNC(=O)c1cccnc1N1CCN(C)CC1. The van der Waals surface area contributed by atoms with Gasteiger partial charge in [0.1, 0.15) is 5.82 Å². The van der Waals surface area contributed by atoms with Crippen LogP contribution in [0.5, 0.6) is 0 Å². The summed E-state index contributed by atoms with van der Waals surface area (Å²) in [4.78, 5) is 20.5. The maximum atomic E-state index is 11.8. The van der Waals surface area contributed by atoms with E-state index in [0.29, 0.717) is 5.56 Å². The lowest BCUT2D eigenvalue weighted by molar-refractivity contribution is 0.0963. The van der Waals surface area contributed by atoms with Crippen LogP contribution in [0.1, 0.15) is 10.4 Å². The molecule has 92 valence electrons. The average molecular weight is 234 g/mol. The summed E-state index contributed by atoms with van der Waals surface area (Å²) in [5.74, 6) is 0.715. The highest BCUT2D eigenvalue weighted by Gasteiger charge is 2.20. The Kier molecular flexibility index (Phi) is 3.58. The molecule has 0 radical (unpaired) electrons. The Hall–Kier alpha value is -1.62. The Morgan fingerprint density at radius 2 is 2.06 bits per heavy atom. The minimum Gasteiger partial charge on any atom is -0.355 e. The van der Waals surface area contributed by atoms with Gasteiger partial charge < -0.3 is 15.1 Å². The van der Waals surface area contributed by atoms with Crippen LogP contribution in [0.4, 0.5) is 5.82 Å². The smallest absolute Gasteiger partial charge is 0.254 e. The summed E-state index contributed by atoms with van der Waals surface area (Å²) in [6, 6.07) is 3.61. The van der Waals surface area contributed by atoms with Crippen LogP contribution in [0.3, 0.4) is 0 Å². The second-order valence-corrected chi connectivity index (χ2v) is 4.24. The third-order valence-corrected chi connectivity index (χ3v) is 3.06. The zero-order valence-electron chi connectivity index (χ0n) is 10.3. The third-order valence-electron chi connectivity index (χ3n) is 3.06. The molecule has 5 heteroatoms. The van der Waals surface area contributed by atoms with E-state index in [1.807, 2.05) is 6.07 Å². The van der Waals surface area contributed by atoms with Crippen molar-refractivity contribution in [2.24, 2.45) is 0 Å². The molecule has 2 heterocycles. The van der Waals surface area contributed by atoms with Crippen LogP contribution in [0, 0.1) is 0 Å². The Morgan fingerprint density at radius 1 is 1.35 bits per heavy atom. The maximum absolute atomic E-state index is 11.8. The van der Waals surface area contributed by atoms with Crippen LogP contribution in [-0.4, -0.2) is 56.1 Å². The highest BCUT2D eigenvalue weighted by Crippen LogP contribution is 2.18. The molecule has 0 spiro atoms. The van der Waals surface area contributed by atoms with Crippen molar-refractivity contribution in [2.45, 2.75) is 0 Å². The summed E-state index contributed by atoms with van der Waals surface area (Å²) < 4.78 is 0. The molecule has 0 saturated carbocycles. The number of aromatic nitrogens is 1. The summed E-state index contributed by atoms with van der Waals surface area (Å²) >= 11 is 0. The van der Waals surface area contributed by atoms with E-state index in [0.717, 1.165) is 32.0 Å². The molecule has 1 aromatic heterocycles. The molecule has 0 atom stereocenters. The number of hydrogen-bond acceptors (Lipinski definition) is 4. The van der Waals surface area contributed by atoms with E-state index in [4.69, 9.17) is 0 Å². The summed E-state index contributed by atoms with van der Waals surface area (Å²) in [5, 5.41) is 2.65. The molecule has 0 bridgehead atoms. The number of anilines is 1. The van der Waals surface area contributed by atoms with Gasteiger partial charge in [-0.3, -0.25) is 4.79 Å². The number of nitrogens with one attached hydrogen (secondary N) is 1. The molecular formula is C12H18N4O. The van der Waals surface area contributed by atoms with E-state index in [1.54, 1.807) is 19.3 Å². The number of likely N-dealkylation sites (N-methyl/N-ethyl adjacent to an activating group) is 1. The van der Waals surface area contributed by atoms with Crippen molar-refractivity contribution >= 4 is 11.7 Å². The summed E-state index contributed by atoms with van der Waals surface area (Å²) in [6.45, 7) is 3.84. The molecule has 1 fully saturated rings. The Morgan fingerprint density at radius 3 is 2.71 bits per heavy atom. The number of carbonyl (C=O) groups is 1. The number of amides is 1. The van der Waals surface area contributed by atoms with Crippen LogP contribution in [0.15, 0.2) is 18.3 Å². The van der Waals surface area contributed by atoms with Crippen molar-refractivity contribution in [1.82, 2.24) is 15.2 Å². The average Bonchev–Trinajstić information content (AvgIpc) is 2.39. The van der Waals surface area contributed by atoms with E-state index in [-0.39, 0.29) is 5.91 Å². The standard InChI is InChI=1S/C12H18N4O/c1-13-12(17)10-4-3-5-14-11(10)16-8-6-15(2)7-9-16/h3-5H,6-9H2,1-2H3,(H,13,17). The van der Waals surface area contributed by atoms with Gasteiger partial charge >= 0.3 is 0 Å². The minimum absolute atomic E-state index is 0.0768. The molecule has 5 nitrogen and oxygen atoms in total. The fraction of sp³-hybridized carbons (Fsp3) is 0.500. The summed E-state index contributed by atoms with van der Waals surface area (Å²) in [7, 11) is 3.75. The van der Waals surface area contributed by atoms with Crippen molar-refractivity contribution in [2.75, 3.05) is 45.2 Å². The predicted octanol–water partition coefficient (Wildman–Crippen LogP) is 0.193. The first kappa shape index (κ1) is 11.9.